The Balaban J connectivity index is 3.13. The van der Waals surface area contributed by atoms with Crippen LogP contribution in [0.1, 0.15) is 18.6 Å². The molecule has 19 heavy (non-hydrogen) atoms. The van der Waals surface area contributed by atoms with Crippen LogP contribution in [0.15, 0.2) is 24.3 Å². The predicted octanol–water partition coefficient (Wildman–Crippen LogP) is 2.55. The average molecular weight is 464 g/mol. The quantitative estimate of drug-likeness (QED) is 0.313. The lowest BCUT2D eigenvalue weighted by molar-refractivity contribution is -0.384. The number of nitro benzene ring substituents is 1. The summed E-state index contributed by atoms with van der Waals surface area (Å²) in [6.07, 6.45) is -1.33. The molecule has 2 atom stereocenters. The summed E-state index contributed by atoms with van der Waals surface area (Å²) in [5.41, 5.74) is 0.164. The first-order valence-corrected chi connectivity index (χ1v) is 8.68. The molecular weight excluding hydrogens is 453 g/mol. The van der Waals surface area contributed by atoms with E-state index in [-0.39, 0.29) is 17.0 Å². The van der Waals surface area contributed by atoms with Crippen LogP contribution in [0.25, 0.3) is 0 Å². The van der Waals surface area contributed by atoms with Gasteiger partial charge in [-0.25, -0.2) is 8.42 Å². The van der Waals surface area contributed by atoms with Gasteiger partial charge >= 0.3 is 0 Å². The van der Waals surface area contributed by atoms with Crippen molar-refractivity contribution in [3.05, 3.63) is 39.9 Å². The predicted molar refractivity (Wildman–Crippen MR) is 83.2 cm³/mol. The number of rotatable bonds is 5. The minimum absolute atomic E-state index is 0.122. The van der Waals surface area contributed by atoms with E-state index in [0.29, 0.717) is 0 Å². The molecule has 0 amide bonds. The third-order valence-electron chi connectivity index (χ3n) is 2.53. The maximum atomic E-state index is 11.9. The number of hydrogen-bond acceptors (Lipinski definition) is 5. The highest BCUT2D eigenvalue weighted by Gasteiger charge is 2.45. The van der Waals surface area contributed by atoms with E-state index in [9.17, 15) is 23.6 Å². The van der Waals surface area contributed by atoms with Crippen LogP contribution < -0.4 is 0 Å². The van der Waals surface area contributed by atoms with Crippen molar-refractivity contribution < 1.29 is 18.4 Å². The Hall–Kier alpha value is -0.260. The largest absolute Gasteiger partial charge is 0.385 e. The number of alkyl halides is 2. The Labute approximate surface area is 132 Å². The lowest BCUT2D eigenvalue weighted by atomic mass is 10.1. The summed E-state index contributed by atoms with van der Waals surface area (Å²) in [6.45, 7) is 1.48. The van der Waals surface area contributed by atoms with Crippen molar-refractivity contribution in [2.24, 2.45) is 0 Å². The van der Waals surface area contributed by atoms with E-state index in [0.717, 1.165) is 0 Å². The number of hydrogen-bond donors (Lipinski definition) is 1. The topological polar surface area (TPSA) is 97.5 Å². The van der Waals surface area contributed by atoms with Gasteiger partial charge in [-0.2, -0.15) is 0 Å². The first-order valence-electron chi connectivity index (χ1n) is 5.16. The zero-order chi connectivity index (χ0) is 14.8. The molecule has 0 fully saturated rings. The molecule has 0 saturated carbocycles. The number of nitro groups is 1. The minimum Gasteiger partial charge on any atom is -0.385 e. The molecule has 106 valence electrons. The molecule has 0 saturated heterocycles. The summed E-state index contributed by atoms with van der Waals surface area (Å²) in [6, 6.07) is 5.11. The highest BCUT2D eigenvalue weighted by Crippen LogP contribution is 2.45. The van der Waals surface area contributed by atoms with E-state index in [4.69, 9.17) is 0 Å². The third kappa shape index (κ3) is 3.44. The zero-order valence-corrected chi connectivity index (χ0v) is 14.3. The third-order valence-corrected chi connectivity index (χ3v) is 8.86. The SMILES string of the molecule is CCS(=O)(=O)[C@](Br)(I)[C@@H](O)c1ccc([N+](=O)[O-])cc1. The van der Waals surface area contributed by atoms with Gasteiger partial charge in [-0.05, 0) is 40.3 Å². The molecule has 0 aliphatic carbocycles. The van der Waals surface area contributed by atoms with Crippen LogP contribution in [-0.2, 0) is 9.84 Å². The molecule has 0 aliphatic heterocycles. The maximum absolute atomic E-state index is 11.9. The van der Waals surface area contributed by atoms with E-state index in [1.807, 2.05) is 0 Å². The summed E-state index contributed by atoms with van der Waals surface area (Å²) < 4.78 is 22.2. The van der Waals surface area contributed by atoms with Crippen LogP contribution in [0, 0.1) is 10.1 Å². The molecular formula is C10H11BrINO5S. The highest BCUT2D eigenvalue weighted by atomic mass is 127. The molecule has 0 bridgehead atoms. The molecule has 1 rings (SSSR count). The normalized spacial score (nSPS) is 16.6. The molecule has 0 unspecified atom stereocenters. The number of nitrogens with zero attached hydrogens (tertiary/aromatic N) is 1. The monoisotopic (exact) mass is 463 g/mol. The van der Waals surface area contributed by atoms with E-state index >= 15 is 0 Å². The van der Waals surface area contributed by atoms with Gasteiger partial charge in [0.15, 0.2) is 9.84 Å². The summed E-state index contributed by atoms with van der Waals surface area (Å²) >= 11 is 4.64. The summed E-state index contributed by atoms with van der Waals surface area (Å²) in [5.74, 6) is -0.134. The Morgan fingerprint density at radius 3 is 2.32 bits per heavy atom. The Morgan fingerprint density at radius 1 is 1.47 bits per heavy atom. The molecule has 0 aromatic heterocycles. The van der Waals surface area contributed by atoms with Gasteiger partial charge in [0.1, 0.15) is 6.10 Å². The molecule has 0 spiro atoms. The van der Waals surface area contributed by atoms with Crippen LogP contribution in [-0.4, -0.2) is 25.9 Å². The van der Waals surface area contributed by atoms with Gasteiger partial charge in [0, 0.05) is 17.9 Å². The number of aliphatic hydroxyl groups is 1. The van der Waals surface area contributed by atoms with Crippen LogP contribution in [0.3, 0.4) is 0 Å². The second-order valence-corrected chi connectivity index (χ2v) is 11.9. The van der Waals surface area contributed by atoms with Gasteiger partial charge < -0.3 is 5.11 Å². The van der Waals surface area contributed by atoms with Crippen LogP contribution in [0.5, 0.6) is 0 Å². The molecule has 1 N–H and O–H groups in total. The molecule has 1 aromatic rings. The lowest BCUT2D eigenvalue weighted by Gasteiger charge is -2.26. The number of non-ortho nitro benzene ring substituents is 1. The first kappa shape index (κ1) is 16.8. The highest BCUT2D eigenvalue weighted by molar-refractivity contribution is 14.1. The second-order valence-electron chi connectivity index (χ2n) is 3.72. The molecule has 9 heteroatoms. The van der Waals surface area contributed by atoms with Crippen molar-refractivity contribution >= 4 is 54.0 Å². The van der Waals surface area contributed by atoms with Crippen LogP contribution in [0.4, 0.5) is 5.69 Å². The van der Waals surface area contributed by atoms with Gasteiger partial charge in [0.25, 0.3) is 5.69 Å². The number of sulfone groups is 1. The second kappa shape index (κ2) is 6.02. The number of halogens is 2. The van der Waals surface area contributed by atoms with Gasteiger partial charge in [-0.15, -0.1) is 0 Å². The van der Waals surface area contributed by atoms with Crippen molar-refractivity contribution in [1.29, 1.82) is 0 Å². The van der Waals surface area contributed by atoms with Crippen LogP contribution >= 0.6 is 38.5 Å². The molecule has 0 aliphatic rings. The molecule has 1 aromatic carbocycles. The number of benzene rings is 1. The lowest BCUT2D eigenvalue weighted by Crippen LogP contribution is -2.33. The molecule has 6 nitrogen and oxygen atoms in total. The van der Waals surface area contributed by atoms with E-state index < -0.39 is 22.5 Å². The van der Waals surface area contributed by atoms with E-state index in [1.54, 1.807) is 22.6 Å². The van der Waals surface area contributed by atoms with E-state index in [1.165, 1.54) is 31.2 Å². The van der Waals surface area contributed by atoms with Gasteiger partial charge in [0.2, 0.25) is 1.66 Å². The smallest absolute Gasteiger partial charge is 0.269 e. The van der Waals surface area contributed by atoms with Crippen molar-refractivity contribution in [1.82, 2.24) is 0 Å². The summed E-state index contributed by atoms with van der Waals surface area (Å²) in [4.78, 5) is 9.96. The standard InChI is InChI=1S/C10H11BrINO5S/c1-2-19(17,18)10(11,12)9(14)7-3-5-8(6-4-7)13(15)16/h3-6,9,14H,2H2,1H3/t9-,10+/m0/s1. The Kier molecular flexibility index (Phi) is 5.32. The van der Waals surface area contributed by atoms with E-state index in [2.05, 4.69) is 15.9 Å². The fourth-order valence-corrected chi connectivity index (χ4v) is 4.44. The van der Waals surface area contributed by atoms with Gasteiger partial charge in [-0.3, -0.25) is 10.1 Å². The Morgan fingerprint density at radius 2 is 1.95 bits per heavy atom. The first-order chi connectivity index (χ1) is 8.63. The number of aliphatic hydroxyl groups excluding tert-OH is 1. The van der Waals surface area contributed by atoms with Gasteiger partial charge in [-0.1, -0.05) is 22.9 Å². The molecule has 0 radical (unpaired) electrons. The summed E-state index contributed by atoms with van der Waals surface area (Å²) in [5, 5.41) is 20.7. The fourth-order valence-electron chi connectivity index (χ4n) is 1.33. The van der Waals surface area contributed by atoms with Crippen molar-refractivity contribution in [3.63, 3.8) is 0 Å². The van der Waals surface area contributed by atoms with Crippen molar-refractivity contribution in [2.75, 3.05) is 5.75 Å². The molecule has 0 heterocycles. The summed E-state index contributed by atoms with van der Waals surface area (Å²) in [7, 11) is -3.55. The van der Waals surface area contributed by atoms with Crippen molar-refractivity contribution in [3.8, 4) is 0 Å². The average Bonchev–Trinajstić information content (AvgIpc) is 2.37. The fraction of sp³-hybridized carbons (Fsp3) is 0.400. The Bertz CT molecular complexity index is 572. The zero-order valence-electron chi connectivity index (χ0n) is 9.79. The van der Waals surface area contributed by atoms with Gasteiger partial charge in [0.05, 0.1) is 4.92 Å². The minimum atomic E-state index is -3.55. The van der Waals surface area contributed by atoms with Crippen LogP contribution in [0.2, 0.25) is 0 Å². The van der Waals surface area contributed by atoms with Crippen molar-refractivity contribution in [2.45, 2.75) is 14.7 Å². The maximum Gasteiger partial charge on any atom is 0.269 e.